The molecule has 0 spiro atoms. The molecule has 0 radical (unpaired) electrons. The molecule has 0 saturated heterocycles. The zero-order chi connectivity index (χ0) is 25.1. The van der Waals surface area contributed by atoms with E-state index < -0.39 is 35.1 Å². The van der Waals surface area contributed by atoms with Crippen LogP contribution in [-0.4, -0.2) is 32.3 Å². The summed E-state index contributed by atoms with van der Waals surface area (Å²) in [6.45, 7) is 0.0380. The first-order chi connectivity index (χ1) is 16.6. The van der Waals surface area contributed by atoms with Crippen molar-refractivity contribution in [2.45, 2.75) is 12.6 Å². The second kappa shape index (κ2) is 7.89. The van der Waals surface area contributed by atoms with Gasteiger partial charge in [0.1, 0.15) is 29.5 Å². The van der Waals surface area contributed by atoms with Crippen molar-refractivity contribution in [2.24, 2.45) is 7.05 Å². The Hall–Kier alpha value is -4.29. The molecule has 0 fully saturated rings. The van der Waals surface area contributed by atoms with Gasteiger partial charge in [0.2, 0.25) is 0 Å². The molecule has 0 aliphatic carbocycles. The minimum Gasteiger partial charge on any atom is -0.383 e. The summed E-state index contributed by atoms with van der Waals surface area (Å²) >= 11 is 0. The molecule has 0 atom stereocenters. The number of nitrogens with two attached hydrogens (primary N) is 1. The van der Waals surface area contributed by atoms with Crippen LogP contribution in [0.1, 0.15) is 11.1 Å². The average Bonchev–Trinajstić information content (AvgIpc) is 3.38. The van der Waals surface area contributed by atoms with Crippen molar-refractivity contribution in [3.63, 3.8) is 0 Å². The van der Waals surface area contributed by atoms with Crippen LogP contribution in [0.3, 0.4) is 0 Å². The van der Waals surface area contributed by atoms with Crippen LogP contribution in [0.4, 0.5) is 43.9 Å². The first-order valence-corrected chi connectivity index (χ1v) is 10.3. The number of nitrogens with one attached hydrogen (secondary N) is 1. The maximum Gasteiger partial charge on any atom is 0.416 e. The van der Waals surface area contributed by atoms with E-state index in [0.29, 0.717) is 29.2 Å². The highest BCUT2D eigenvalue weighted by atomic mass is 19.4. The maximum atomic E-state index is 15.6. The molecular weight excluding hydrogens is 473 g/mol. The monoisotopic (exact) mass is 489 g/mol. The van der Waals surface area contributed by atoms with Gasteiger partial charge in [-0.3, -0.25) is 4.90 Å². The zero-order valence-corrected chi connectivity index (χ0v) is 18.0. The molecule has 0 unspecified atom stereocenters. The second-order valence-corrected chi connectivity index (χ2v) is 7.88. The minimum atomic E-state index is -4.71. The summed E-state index contributed by atoms with van der Waals surface area (Å²) in [6.07, 6.45) is -3.31. The number of nitrogen functional groups attached to an aromatic ring is 1. The first-order valence-electron chi connectivity index (χ1n) is 10.3. The largest absolute Gasteiger partial charge is 0.416 e. The number of hydrogen-bond acceptors (Lipinski definition) is 5. The topological polar surface area (TPSA) is 102 Å². The van der Waals surface area contributed by atoms with Crippen molar-refractivity contribution in [3.05, 3.63) is 59.4 Å². The Kier molecular flexibility index (Phi) is 5.07. The number of anilines is 3. The molecule has 0 bridgehead atoms. The summed E-state index contributed by atoms with van der Waals surface area (Å²) in [7, 11) is 1.63. The third kappa shape index (κ3) is 3.68. The predicted octanol–water partition coefficient (Wildman–Crippen LogP) is 4.50. The van der Waals surface area contributed by atoms with Crippen LogP contribution in [0.5, 0.6) is 0 Å². The minimum absolute atomic E-state index is 0.0380. The summed E-state index contributed by atoms with van der Waals surface area (Å²) in [5, 5.41) is 6.85. The fourth-order valence-electron chi connectivity index (χ4n) is 4.12. The molecule has 0 saturated carbocycles. The first kappa shape index (κ1) is 22.5. The van der Waals surface area contributed by atoms with Crippen LogP contribution in [0.2, 0.25) is 0 Å². The Morgan fingerprint density at radius 2 is 1.91 bits per heavy atom. The highest BCUT2D eigenvalue weighted by molar-refractivity contribution is 6.04. The summed E-state index contributed by atoms with van der Waals surface area (Å²) in [4.78, 5) is 22.0. The number of halogens is 5. The summed E-state index contributed by atoms with van der Waals surface area (Å²) in [5.74, 6) is -1.54. The van der Waals surface area contributed by atoms with E-state index in [9.17, 15) is 22.4 Å². The predicted molar refractivity (Wildman–Crippen MR) is 118 cm³/mol. The molecule has 13 heteroatoms. The van der Waals surface area contributed by atoms with Crippen molar-refractivity contribution in [3.8, 4) is 11.3 Å². The summed E-state index contributed by atoms with van der Waals surface area (Å²) in [5.41, 5.74) is 5.40. The number of hydrogen-bond donors (Lipinski definition) is 2. The average molecular weight is 489 g/mol. The Morgan fingerprint density at radius 1 is 1.14 bits per heavy atom. The number of carbonyl (C=O) groups excluding carboxylic acids is 1. The van der Waals surface area contributed by atoms with Gasteiger partial charge in [-0.15, -0.1) is 0 Å². The molecule has 3 heterocycles. The highest BCUT2D eigenvalue weighted by Crippen LogP contribution is 2.39. The van der Waals surface area contributed by atoms with Crippen molar-refractivity contribution in [2.75, 3.05) is 22.5 Å². The number of nitrogens with zero attached hydrogens (tertiary/aromatic N) is 5. The van der Waals surface area contributed by atoms with E-state index in [1.54, 1.807) is 7.05 Å². The molecule has 2 amide bonds. The Morgan fingerprint density at radius 3 is 2.66 bits per heavy atom. The summed E-state index contributed by atoms with van der Waals surface area (Å²) in [6, 6.07) is 3.71. The quantitative estimate of drug-likeness (QED) is 0.404. The molecule has 1 aliphatic heterocycles. The van der Waals surface area contributed by atoms with Crippen LogP contribution < -0.4 is 16.0 Å². The molecule has 5 rings (SSSR count). The van der Waals surface area contributed by atoms with Gasteiger partial charge >= 0.3 is 12.2 Å². The van der Waals surface area contributed by atoms with E-state index >= 15 is 4.39 Å². The van der Waals surface area contributed by atoms with Crippen molar-refractivity contribution >= 4 is 34.3 Å². The third-order valence-corrected chi connectivity index (χ3v) is 5.78. The van der Waals surface area contributed by atoms with E-state index in [2.05, 4.69) is 20.4 Å². The van der Waals surface area contributed by atoms with Crippen molar-refractivity contribution in [1.29, 1.82) is 0 Å². The van der Waals surface area contributed by atoms with Gasteiger partial charge in [0.25, 0.3) is 0 Å². The van der Waals surface area contributed by atoms with Crippen molar-refractivity contribution < 1.29 is 26.7 Å². The molecule has 1 aliphatic rings. The zero-order valence-electron chi connectivity index (χ0n) is 18.0. The van der Waals surface area contributed by atoms with E-state index in [1.807, 2.05) is 0 Å². The summed E-state index contributed by atoms with van der Waals surface area (Å²) < 4.78 is 70.0. The van der Waals surface area contributed by atoms with Gasteiger partial charge in [-0.2, -0.15) is 18.3 Å². The number of aryl methyl sites for hydroxylation is 1. The number of benzene rings is 2. The molecule has 35 heavy (non-hydrogen) atoms. The molecule has 3 N–H and O–H groups in total. The maximum absolute atomic E-state index is 15.6. The van der Waals surface area contributed by atoms with Gasteiger partial charge in [-0.05, 0) is 36.8 Å². The number of alkyl halides is 3. The number of fused-ring (bicyclic) bond motifs is 2. The Labute approximate surface area is 194 Å². The van der Waals surface area contributed by atoms with Crippen LogP contribution >= 0.6 is 0 Å². The molecule has 2 aromatic heterocycles. The number of aromatic nitrogens is 4. The number of urea groups is 1. The van der Waals surface area contributed by atoms with Crippen LogP contribution in [0, 0.1) is 11.6 Å². The van der Waals surface area contributed by atoms with E-state index in [1.165, 1.54) is 23.1 Å². The van der Waals surface area contributed by atoms with Gasteiger partial charge in [0.05, 0.1) is 22.3 Å². The lowest BCUT2D eigenvalue weighted by molar-refractivity contribution is -0.137. The van der Waals surface area contributed by atoms with Crippen LogP contribution in [0.15, 0.2) is 36.7 Å². The van der Waals surface area contributed by atoms with Crippen molar-refractivity contribution in [1.82, 2.24) is 19.7 Å². The van der Waals surface area contributed by atoms with E-state index in [-0.39, 0.29) is 41.3 Å². The molecule has 4 aromatic rings. The highest BCUT2D eigenvalue weighted by Gasteiger charge is 2.33. The lowest BCUT2D eigenvalue weighted by Gasteiger charge is -2.19. The Balaban J connectivity index is 1.48. The fourth-order valence-corrected chi connectivity index (χ4v) is 4.12. The lowest BCUT2D eigenvalue weighted by Crippen LogP contribution is -2.33. The van der Waals surface area contributed by atoms with Gasteiger partial charge in [0.15, 0.2) is 5.65 Å². The Bertz CT molecular complexity index is 1500. The SMILES string of the molecule is Cn1nc(-c2ccc3c(c2F)CCN3C(=O)Nc2cc(C(F)(F)F)ccc2F)c2c(N)ncnc21. The van der Waals surface area contributed by atoms with Crippen LogP contribution in [-0.2, 0) is 19.6 Å². The standard InChI is InChI=1S/C22H16F5N7O/c1-33-20-16(19(28)29-9-30-20)18(32-33)12-3-5-15-11(17(12)24)6-7-34(15)21(35)31-14-8-10(22(25,26)27)2-4-13(14)23/h2-5,8-9H,6-7H2,1H3,(H,31,35)(H2,28,29,30). The lowest BCUT2D eigenvalue weighted by atomic mass is 10.0. The smallest absolute Gasteiger partial charge is 0.383 e. The molecule has 2 aromatic carbocycles. The fraction of sp³-hybridized carbons (Fsp3) is 0.182. The molecule has 180 valence electrons. The number of carbonyl (C=O) groups is 1. The van der Waals surface area contributed by atoms with Gasteiger partial charge in [-0.25, -0.2) is 28.2 Å². The normalized spacial score (nSPS) is 13.4. The van der Waals surface area contributed by atoms with E-state index in [4.69, 9.17) is 5.73 Å². The van der Waals surface area contributed by atoms with E-state index in [0.717, 1.165) is 4.90 Å². The van der Waals surface area contributed by atoms with Gasteiger partial charge in [-0.1, -0.05) is 0 Å². The van der Waals surface area contributed by atoms with Gasteiger partial charge in [0, 0.05) is 24.7 Å². The molecule has 8 nitrogen and oxygen atoms in total. The molecular formula is C22H16F5N7O. The van der Waals surface area contributed by atoms with Crippen LogP contribution in [0.25, 0.3) is 22.3 Å². The second-order valence-electron chi connectivity index (χ2n) is 7.88. The van der Waals surface area contributed by atoms with Gasteiger partial charge < -0.3 is 11.1 Å². The number of rotatable bonds is 2. The number of amides is 2. The third-order valence-electron chi connectivity index (χ3n) is 5.78.